The quantitative estimate of drug-likeness (QED) is 0.690. The minimum atomic E-state index is -0.266. The zero-order chi connectivity index (χ0) is 19.2. The topological polar surface area (TPSA) is 66.9 Å². The van der Waals surface area contributed by atoms with Gasteiger partial charge < -0.3 is 10.6 Å². The molecule has 0 radical (unpaired) electrons. The molecule has 2 N–H and O–H groups in total. The van der Waals surface area contributed by atoms with E-state index in [1.807, 2.05) is 32.0 Å². The van der Waals surface area contributed by atoms with E-state index >= 15 is 0 Å². The number of carbonyl (C=O) groups excluding carboxylic acids is 1. The predicted molar refractivity (Wildman–Crippen MR) is 104 cm³/mol. The second-order valence-electron chi connectivity index (χ2n) is 6.39. The van der Waals surface area contributed by atoms with Crippen molar-refractivity contribution in [1.82, 2.24) is 9.97 Å². The van der Waals surface area contributed by atoms with E-state index in [-0.39, 0.29) is 11.7 Å². The normalized spacial score (nSPS) is 10.5. The summed E-state index contributed by atoms with van der Waals surface area (Å²) in [6.45, 7) is 4.45. The average Bonchev–Trinajstić information content (AvgIpc) is 2.63. The molecule has 1 heterocycles. The minimum absolute atomic E-state index is 0.223. The van der Waals surface area contributed by atoms with E-state index in [4.69, 9.17) is 0 Å². The van der Waals surface area contributed by atoms with Gasteiger partial charge in [0, 0.05) is 24.6 Å². The molecule has 3 aromatic rings. The van der Waals surface area contributed by atoms with Crippen LogP contribution in [0.2, 0.25) is 0 Å². The van der Waals surface area contributed by atoms with Crippen molar-refractivity contribution < 1.29 is 9.18 Å². The van der Waals surface area contributed by atoms with Crippen LogP contribution in [-0.4, -0.2) is 22.4 Å². The number of anilines is 2. The number of nitrogens with one attached hydrogen (secondary N) is 2. The second-order valence-corrected chi connectivity index (χ2v) is 6.39. The van der Waals surface area contributed by atoms with E-state index < -0.39 is 0 Å². The number of aromatic nitrogens is 2. The summed E-state index contributed by atoms with van der Waals surface area (Å²) in [7, 11) is 0. The molecule has 5 nitrogen and oxygen atoms in total. The van der Waals surface area contributed by atoms with Crippen molar-refractivity contribution in [2.45, 2.75) is 20.3 Å². The molecule has 0 unspecified atom stereocenters. The first-order valence-electron chi connectivity index (χ1n) is 8.70. The van der Waals surface area contributed by atoms with E-state index in [1.54, 1.807) is 18.2 Å². The van der Waals surface area contributed by atoms with Crippen molar-refractivity contribution in [2.24, 2.45) is 0 Å². The van der Waals surface area contributed by atoms with Crippen LogP contribution in [0.25, 0.3) is 0 Å². The maximum atomic E-state index is 13.6. The van der Waals surface area contributed by atoms with E-state index in [0.29, 0.717) is 30.0 Å². The van der Waals surface area contributed by atoms with Crippen LogP contribution in [0.15, 0.2) is 54.9 Å². The molecule has 27 heavy (non-hydrogen) atoms. The summed E-state index contributed by atoms with van der Waals surface area (Å²) < 4.78 is 13.6. The van der Waals surface area contributed by atoms with Gasteiger partial charge in [-0.2, -0.15) is 0 Å². The summed E-state index contributed by atoms with van der Waals surface area (Å²) >= 11 is 0. The Kier molecular flexibility index (Phi) is 5.76. The number of benzene rings is 2. The van der Waals surface area contributed by atoms with Gasteiger partial charge in [0.1, 0.15) is 5.82 Å². The third kappa shape index (κ3) is 5.10. The Labute approximate surface area is 157 Å². The first kappa shape index (κ1) is 18.5. The number of halogens is 1. The molecule has 1 amide bonds. The molecule has 138 valence electrons. The van der Waals surface area contributed by atoms with Gasteiger partial charge in [-0.3, -0.25) is 4.79 Å². The lowest BCUT2D eigenvalue weighted by Crippen LogP contribution is -2.14. The molecule has 0 aliphatic rings. The van der Waals surface area contributed by atoms with Crippen molar-refractivity contribution in [3.05, 3.63) is 82.9 Å². The van der Waals surface area contributed by atoms with Crippen LogP contribution in [0.1, 0.15) is 27.0 Å². The van der Waals surface area contributed by atoms with Gasteiger partial charge in [-0.25, -0.2) is 14.4 Å². The monoisotopic (exact) mass is 364 g/mol. The number of hydrogen-bond acceptors (Lipinski definition) is 4. The first-order valence-corrected chi connectivity index (χ1v) is 8.70. The van der Waals surface area contributed by atoms with Crippen LogP contribution in [0, 0.1) is 19.7 Å². The Hall–Kier alpha value is -3.28. The zero-order valence-electron chi connectivity index (χ0n) is 15.3. The van der Waals surface area contributed by atoms with E-state index in [0.717, 1.165) is 16.8 Å². The molecule has 0 aliphatic carbocycles. The molecule has 6 heteroatoms. The Bertz CT molecular complexity index is 921. The maximum absolute atomic E-state index is 13.6. The van der Waals surface area contributed by atoms with Gasteiger partial charge in [-0.1, -0.05) is 24.3 Å². The summed E-state index contributed by atoms with van der Waals surface area (Å²) in [5.41, 5.74) is 3.90. The lowest BCUT2D eigenvalue weighted by atomic mass is 10.1. The Morgan fingerprint density at radius 1 is 1.04 bits per heavy atom. The van der Waals surface area contributed by atoms with Crippen molar-refractivity contribution in [3.8, 4) is 0 Å². The highest BCUT2D eigenvalue weighted by Gasteiger charge is 2.08. The maximum Gasteiger partial charge on any atom is 0.258 e. The van der Waals surface area contributed by atoms with Gasteiger partial charge in [0.05, 0.1) is 5.56 Å². The third-order valence-corrected chi connectivity index (χ3v) is 4.03. The lowest BCUT2D eigenvalue weighted by molar-refractivity contribution is 0.102. The standard InChI is InChI=1S/C21H21FN4O/c1-14-9-15(2)11-18(10-14)26-20(27)17-12-24-21(25-13-17)23-8-7-16-5-3-4-6-19(16)22/h3-6,9-13H,7-8H2,1-2H3,(H,26,27)(H,23,24,25). The predicted octanol–water partition coefficient (Wildman–Crippen LogP) is 4.14. The third-order valence-electron chi connectivity index (χ3n) is 4.03. The van der Waals surface area contributed by atoms with Crippen LogP contribution >= 0.6 is 0 Å². The molecule has 1 aromatic heterocycles. The summed E-state index contributed by atoms with van der Waals surface area (Å²) in [5, 5.41) is 5.88. The lowest BCUT2D eigenvalue weighted by Gasteiger charge is -2.08. The Morgan fingerprint density at radius 2 is 1.70 bits per heavy atom. The van der Waals surface area contributed by atoms with E-state index in [9.17, 15) is 9.18 Å². The fourth-order valence-electron chi connectivity index (χ4n) is 2.80. The summed E-state index contributed by atoms with van der Waals surface area (Å²) in [6.07, 6.45) is 3.46. The van der Waals surface area contributed by atoms with Crippen LogP contribution in [0.3, 0.4) is 0 Å². The highest BCUT2D eigenvalue weighted by Crippen LogP contribution is 2.15. The van der Waals surface area contributed by atoms with Gasteiger partial charge in [0.25, 0.3) is 5.91 Å². The van der Waals surface area contributed by atoms with E-state index in [2.05, 4.69) is 20.6 Å². The summed E-state index contributed by atoms with van der Waals surface area (Å²) in [4.78, 5) is 20.6. The molecule has 0 spiro atoms. The average molecular weight is 364 g/mol. The highest BCUT2D eigenvalue weighted by molar-refractivity contribution is 6.04. The number of nitrogens with zero attached hydrogens (tertiary/aromatic N) is 2. The van der Waals surface area contributed by atoms with E-state index in [1.165, 1.54) is 18.5 Å². The van der Waals surface area contributed by atoms with Crippen LogP contribution in [0.5, 0.6) is 0 Å². The molecule has 0 saturated carbocycles. The summed E-state index contributed by atoms with van der Waals surface area (Å²) in [5.74, 6) is -0.0918. The largest absolute Gasteiger partial charge is 0.354 e. The SMILES string of the molecule is Cc1cc(C)cc(NC(=O)c2cnc(NCCc3ccccc3F)nc2)c1. The van der Waals surface area contributed by atoms with Gasteiger partial charge in [-0.15, -0.1) is 0 Å². The van der Waals surface area contributed by atoms with Crippen molar-refractivity contribution in [3.63, 3.8) is 0 Å². The minimum Gasteiger partial charge on any atom is -0.354 e. The summed E-state index contributed by atoms with van der Waals surface area (Å²) in [6, 6.07) is 12.5. The number of hydrogen-bond donors (Lipinski definition) is 2. The van der Waals surface area contributed by atoms with Crippen LogP contribution in [-0.2, 0) is 6.42 Å². The fraction of sp³-hybridized carbons (Fsp3) is 0.190. The van der Waals surface area contributed by atoms with Crippen LogP contribution < -0.4 is 10.6 Å². The molecule has 0 aliphatic heterocycles. The Morgan fingerprint density at radius 3 is 2.37 bits per heavy atom. The fourth-order valence-corrected chi connectivity index (χ4v) is 2.80. The first-order chi connectivity index (χ1) is 13.0. The smallest absolute Gasteiger partial charge is 0.258 e. The Balaban J connectivity index is 1.56. The molecular formula is C21H21FN4O. The van der Waals surface area contributed by atoms with Crippen molar-refractivity contribution >= 4 is 17.5 Å². The van der Waals surface area contributed by atoms with Gasteiger partial charge >= 0.3 is 0 Å². The molecular weight excluding hydrogens is 343 g/mol. The highest BCUT2D eigenvalue weighted by atomic mass is 19.1. The molecule has 0 fully saturated rings. The zero-order valence-corrected chi connectivity index (χ0v) is 15.3. The van der Waals surface area contributed by atoms with Gasteiger partial charge in [-0.05, 0) is 55.2 Å². The number of carbonyl (C=O) groups is 1. The van der Waals surface area contributed by atoms with Gasteiger partial charge in [0.15, 0.2) is 0 Å². The van der Waals surface area contributed by atoms with Crippen LogP contribution in [0.4, 0.5) is 16.0 Å². The molecule has 2 aromatic carbocycles. The molecule has 0 saturated heterocycles. The molecule has 0 atom stereocenters. The number of amides is 1. The second kappa shape index (κ2) is 8.40. The molecule has 3 rings (SSSR count). The molecule has 0 bridgehead atoms. The van der Waals surface area contributed by atoms with Gasteiger partial charge in [0.2, 0.25) is 5.95 Å². The van der Waals surface area contributed by atoms with Crippen molar-refractivity contribution in [1.29, 1.82) is 0 Å². The number of rotatable bonds is 6. The number of aryl methyl sites for hydroxylation is 2. The van der Waals surface area contributed by atoms with Crippen molar-refractivity contribution in [2.75, 3.05) is 17.2 Å².